The lowest BCUT2D eigenvalue weighted by atomic mass is 10.0. The fourth-order valence-corrected chi connectivity index (χ4v) is 3.59. The summed E-state index contributed by atoms with van der Waals surface area (Å²) in [4.78, 5) is 26.2. The molecule has 1 aromatic carbocycles. The number of benzene rings is 1. The van der Waals surface area contributed by atoms with E-state index >= 15 is 0 Å². The van der Waals surface area contributed by atoms with Crippen molar-refractivity contribution in [1.82, 2.24) is 15.5 Å². The number of amides is 2. The summed E-state index contributed by atoms with van der Waals surface area (Å²) in [7, 11) is 0. The molecule has 2 saturated heterocycles. The first kappa shape index (κ1) is 16.9. The maximum atomic E-state index is 12.4. The number of aliphatic hydroxyl groups excluding tert-OH is 1. The molecule has 6 nitrogen and oxygen atoms in total. The number of nitrogens with zero attached hydrogens (tertiary/aromatic N) is 1. The molecule has 130 valence electrons. The molecule has 2 amide bonds. The third kappa shape index (κ3) is 3.16. The van der Waals surface area contributed by atoms with E-state index in [1.807, 2.05) is 0 Å². The molecule has 0 radical (unpaired) electrons. The summed E-state index contributed by atoms with van der Waals surface area (Å²) in [5.41, 5.74) is 3.70. The van der Waals surface area contributed by atoms with Crippen molar-refractivity contribution >= 4 is 11.8 Å². The quantitative estimate of drug-likeness (QED) is 0.738. The Morgan fingerprint density at radius 2 is 2.12 bits per heavy atom. The Bertz CT molecular complexity index is 659. The third-order valence-corrected chi connectivity index (χ3v) is 5.01. The van der Waals surface area contributed by atoms with Crippen LogP contribution in [0.1, 0.15) is 30.0 Å². The number of nitrogens with one attached hydrogen (secondary N) is 2. The van der Waals surface area contributed by atoms with Gasteiger partial charge in [-0.2, -0.15) is 0 Å². The van der Waals surface area contributed by atoms with Crippen LogP contribution in [0, 0.1) is 13.8 Å². The summed E-state index contributed by atoms with van der Waals surface area (Å²) < 4.78 is 0. The minimum absolute atomic E-state index is 0.0816. The molecule has 6 heteroatoms. The van der Waals surface area contributed by atoms with Gasteiger partial charge in [0.25, 0.3) is 0 Å². The lowest BCUT2D eigenvalue weighted by Gasteiger charge is -2.35. The van der Waals surface area contributed by atoms with Crippen LogP contribution in [0.25, 0.3) is 0 Å². The molecule has 2 aliphatic rings. The van der Waals surface area contributed by atoms with Crippen LogP contribution in [-0.2, 0) is 16.1 Å². The third-order valence-electron chi connectivity index (χ3n) is 5.01. The van der Waals surface area contributed by atoms with Gasteiger partial charge in [0.1, 0.15) is 12.1 Å². The van der Waals surface area contributed by atoms with Crippen LogP contribution in [0.3, 0.4) is 0 Å². The number of piperazine rings is 1. The van der Waals surface area contributed by atoms with Crippen LogP contribution < -0.4 is 10.6 Å². The van der Waals surface area contributed by atoms with Gasteiger partial charge in [0.15, 0.2) is 0 Å². The topological polar surface area (TPSA) is 81.7 Å². The molecular formula is C18H25N3O3. The van der Waals surface area contributed by atoms with Gasteiger partial charge in [0.2, 0.25) is 11.8 Å². The maximum Gasteiger partial charge on any atom is 0.248 e. The van der Waals surface area contributed by atoms with E-state index in [9.17, 15) is 14.7 Å². The first-order valence-electron chi connectivity index (χ1n) is 8.45. The molecule has 0 saturated carbocycles. The maximum absolute atomic E-state index is 12.4. The lowest BCUT2D eigenvalue weighted by Crippen LogP contribution is -2.64. The Labute approximate surface area is 142 Å². The zero-order chi connectivity index (χ0) is 17.4. The Hall–Kier alpha value is -1.92. The number of rotatable bonds is 4. The Kier molecular flexibility index (Phi) is 4.60. The highest BCUT2D eigenvalue weighted by Crippen LogP contribution is 2.24. The van der Waals surface area contributed by atoms with Crippen molar-refractivity contribution in [2.45, 2.75) is 58.0 Å². The highest BCUT2D eigenvalue weighted by molar-refractivity contribution is 5.97. The van der Waals surface area contributed by atoms with E-state index < -0.39 is 18.2 Å². The van der Waals surface area contributed by atoms with Crippen molar-refractivity contribution in [3.8, 4) is 0 Å². The molecule has 0 bridgehead atoms. The van der Waals surface area contributed by atoms with E-state index in [1.165, 1.54) is 23.6 Å². The molecule has 1 aromatic rings. The van der Waals surface area contributed by atoms with Gasteiger partial charge in [-0.15, -0.1) is 0 Å². The fraction of sp³-hybridized carbons (Fsp3) is 0.556. The van der Waals surface area contributed by atoms with E-state index in [1.54, 1.807) is 4.90 Å². The molecular weight excluding hydrogens is 306 g/mol. The van der Waals surface area contributed by atoms with Crippen LogP contribution in [-0.4, -0.2) is 52.6 Å². The molecule has 3 N–H and O–H groups in total. The number of carbonyl (C=O) groups excluding carboxylic acids is 2. The van der Waals surface area contributed by atoms with E-state index in [0.29, 0.717) is 19.5 Å². The van der Waals surface area contributed by atoms with Crippen LogP contribution in [0.5, 0.6) is 0 Å². The van der Waals surface area contributed by atoms with Crippen LogP contribution in [0.15, 0.2) is 18.2 Å². The summed E-state index contributed by atoms with van der Waals surface area (Å²) in [6.45, 7) is 6.90. The summed E-state index contributed by atoms with van der Waals surface area (Å²) in [5, 5.41) is 15.8. The van der Waals surface area contributed by atoms with E-state index in [-0.39, 0.29) is 17.9 Å². The average Bonchev–Trinajstić information content (AvgIpc) is 2.95. The number of aliphatic hydroxyl groups is 1. The Morgan fingerprint density at radius 1 is 1.38 bits per heavy atom. The van der Waals surface area contributed by atoms with E-state index in [4.69, 9.17) is 0 Å². The molecule has 0 spiro atoms. The van der Waals surface area contributed by atoms with Gasteiger partial charge in [0, 0.05) is 19.1 Å². The molecule has 0 aromatic heterocycles. The largest absolute Gasteiger partial charge is 0.391 e. The van der Waals surface area contributed by atoms with Crippen LogP contribution in [0.2, 0.25) is 0 Å². The highest BCUT2D eigenvalue weighted by atomic mass is 16.3. The number of carbonyl (C=O) groups is 2. The first-order chi connectivity index (χ1) is 11.4. The smallest absolute Gasteiger partial charge is 0.248 e. The average molecular weight is 331 g/mol. The van der Waals surface area contributed by atoms with Crippen LogP contribution in [0.4, 0.5) is 0 Å². The predicted molar refractivity (Wildman–Crippen MR) is 90.3 cm³/mol. The summed E-state index contributed by atoms with van der Waals surface area (Å²) in [6.07, 6.45) is -0.278. The second-order valence-electron chi connectivity index (χ2n) is 6.98. The van der Waals surface area contributed by atoms with Gasteiger partial charge in [-0.3, -0.25) is 9.59 Å². The van der Waals surface area contributed by atoms with Gasteiger partial charge >= 0.3 is 0 Å². The molecule has 2 fully saturated rings. The number of hydrogen-bond acceptors (Lipinski definition) is 4. The molecule has 3 rings (SSSR count). The molecule has 4 atom stereocenters. The number of aryl methyl sites for hydroxylation is 2. The summed E-state index contributed by atoms with van der Waals surface area (Å²) in [6, 6.07) is 5.18. The monoisotopic (exact) mass is 331 g/mol. The summed E-state index contributed by atoms with van der Waals surface area (Å²) >= 11 is 0. The molecule has 0 unspecified atom stereocenters. The summed E-state index contributed by atoms with van der Waals surface area (Å²) in [5.74, 6) is -0.360. The van der Waals surface area contributed by atoms with Gasteiger partial charge in [-0.25, -0.2) is 0 Å². The lowest BCUT2D eigenvalue weighted by molar-refractivity contribution is -0.149. The molecule has 2 heterocycles. The Balaban J connectivity index is 1.64. The highest BCUT2D eigenvalue weighted by Gasteiger charge is 2.47. The number of fused-ring (bicyclic) bond motifs is 1. The first-order valence-corrected chi connectivity index (χ1v) is 8.45. The normalized spacial score (nSPS) is 27.8. The van der Waals surface area contributed by atoms with Gasteiger partial charge in [-0.05, 0) is 38.3 Å². The van der Waals surface area contributed by atoms with Crippen molar-refractivity contribution in [1.29, 1.82) is 0 Å². The SMILES string of the molecule is Cc1ccc(CN[C@H]2C[C@H]3C(=O)N[C@H]([C@H](C)O)C(=O)N3C2)c(C)c1. The second kappa shape index (κ2) is 6.53. The number of hydrogen-bond donors (Lipinski definition) is 3. The van der Waals surface area contributed by atoms with Crippen molar-refractivity contribution in [2.75, 3.05) is 6.54 Å². The van der Waals surface area contributed by atoms with Crippen molar-refractivity contribution in [3.63, 3.8) is 0 Å². The Morgan fingerprint density at radius 3 is 2.79 bits per heavy atom. The van der Waals surface area contributed by atoms with Crippen molar-refractivity contribution < 1.29 is 14.7 Å². The standard InChI is InChI=1S/C18H25N3O3/c1-10-4-5-13(11(2)6-10)8-19-14-7-15-17(23)20-16(12(3)22)18(24)21(15)9-14/h4-6,12,14-16,19,22H,7-9H2,1-3H3,(H,20,23)/t12-,14-,15-,16+/m0/s1. The van der Waals surface area contributed by atoms with Crippen LogP contribution >= 0.6 is 0 Å². The van der Waals surface area contributed by atoms with Gasteiger partial charge in [0.05, 0.1) is 6.10 Å². The second-order valence-corrected chi connectivity index (χ2v) is 6.98. The minimum atomic E-state index is -0.885. The van der Waals surface area contributed by atoms with E-state index in [0.717, 1.165) is 0 Å². The van der Waals surface area contributed by atoms with Crippen molar-refractivity contribution in [3.05, 3.63) is 34.9 Å². The van der Waals surface area contributed by atoms with Gasteiger partial charge in [-0.1, -0.05) is 23.8 Å². The molecule has 0 aliphatic carbocycles. The zero-order valence-electron chi connectivity index (χ0n) is 14.4. The predicted octanol–water partition coefficient (Wildman–Crippen LogP) is 0.242. The van der Waals surface area contributed by atoms with Crippen molar-refractivity contribution in [2.24, 2.45) is 0 Å². The minimum Gasteiger partial charge on any atom is -0.391 e. The van der Waals surface area contributed by atoms with E-state index in [2.05, 4.69) is 42.7 Å². The zero-order valence-corrected chi connectivity index (χ0v) is 14.4. The molecule has 24 heavy (non-hydrogen) atoms. The fourth-order valence-electron chi connectivity index (χ4n) is 3.59. The molecule has 2 aliphatic heterocycles. The van der Waals surface area contributed by atoms with Gasteiger partial charge < -0.3 is 20.6 Å².